The third-order valence-electron chi connectivity index (χ3n) is 3.81. The van der Waals surface area contributed by atoms with E-state index in [1.165, 1.54) is 29.2 Å². The highest BCUT2D eigenvalue weighted by atomic mass is 79.9. The van der Waals surface area contributed by atoms with Crippen molar-refractivity contribution < 1.29 is 22.3 Å². The molecular formula is C17H20BrFN2O4S. The summed E-state index contributed by atoms with van der Waals surface area (Å²) < 4.78 is 47.2. The zero-order valence-electron chi connectivity index (χ0n) is 14.2. The van der Waals surface area contributed by atoms with Crippen LogP contribution >= 0.6 is 15.9 Å². The molecule has 9 heteroatoms. The van der Waals surface area contributed by atoms with E-state index in [1.54, 1.807) is 0 Å². The van der Waals surface area contributed by atoms with Gasteiger partial charge >= 0.3 is 0 Å². The number of benzene rings is 1. The summed E-state index contributed by atoms with van der Waals surface area (Å²) in [6, 6.07) is 2.44. The van der Waals surface area contributed by atoms with E-state index in [0.29, 0.717) is 4.47 Å². The first kappa shape index (κ1) is 20.8. The molecule has 0 bridgehead atoms. The Balaban J connectivity index is 2.49. The summed E-state index contributed by atoms with van der Waals surface area (Å²) >= 11 is 3.17. The van der Waals surface area contributed by atoms with Gasteiger partial charge < -0.3 is 9.64 Å². The Morgan fingerprint density at radius 1 is 1.27 bits per heavy atom. The van der Waals surface area contributed by atoms with Crippen LogP contribution in [0.5, 0.6) is 0 Å². The molecule has 1 aliphatic heterocycles. The van der Waals surface area contributed by atoms with Gasteiger partial charge in [0.1, 0.15) is 4.90 Å². The SMILES string of the molecule is C=CCN(CC=C)C(=O)c1cc(Br)cc(S(=O)(=O)N2CCOCC2)c1F. The largest absolute Gasteiger partial charge is 0.379 e. The Hall–Kier alpha value is -1.55. The number of amides is 1. The molecule has 0 saturated carbocycles. The number of rotatable bonds is 7. The number of sulfonamides is 1. The third-order valence-corrected chi connectivity index (χ3v) is 6.16. The second-order valence-corrected chi connectivity index (χ2v) is 8.39. The van der Waals surface area contributed by atoms with Gasteiger partial charge in [-0.05, 0) is 12.1 Å². The van der Waals surface area contributed by atoms with E-state index in [9.17, 15) is 13.2 Å². The summed E-state index contributed by atoms with van der Waals surface area (Å²) in [6.07, 6.45) is 3.01. The molecule has 0 N–H and O–H groups in total. The van der Waals surface area contributed by atoms with Gasteiger partial charge in [-0.3, -0.25) is 4.79 Å². The minimum Gasteiger partial charge on any atom is -0.379 e. The number of hydrogen-bond donors (Lipinski definition) is 0. The third kappa shape index (κ3) is 4.40. The first-order chi connectivity index (χ1) is 12.3. The zero-order chi connectivity index (χ0) is 19.3. The highest BCUT2D eigenvalue weighted by Gasteiger charge is 2.32. The minimum atomic E-state index is -4.08. The van der Waals surface area contributed by atoms with Crippen LogP contribution in [0.25, 0.3) is 0 Å². The van der Waals surface area contributed by atoms with Crippen molar-refractivity contribution in [1.29, 1.82) is 0 Å². The number of ether oxygens (including phenoxy) is 1. The average Bonchev–Trinajstić information content (AvgIpc) is 2.63. The normalized spacial score (nSPS) is 15.5. The van der Waals surface area contributed by atoms with Crippen LogP contribution in [0, 0.1) is 5.82 Å². The van der Waals surface area contributed by atoms with E-state index < -0.39 is 26.6 Å². The van der Waals surface area contributed by atoms with Gasteiger partial charge in [0.2, 0.25) is 10.0 Å². The van der Waals surface area contributed by atoms with Crippen LogP contribution in [0.3, 0.4) is 0 Å². The van der Waals surface area contributed by atoms with E-state index in [1.807, 2.05) is 0 Å². The monoisotopic (exact) mass is 446 g/mol. The van der Waals surface area contributed by atoms with E-state index >= 15 is 4.39 Å². The van der Waals surface area contributed by atoms with Gasteiger partial charge in [-0.1, -0.05) is 28.1 Å². The molecular weight excluding hydrogens is 427 g/mol. The van der Waals surface area contributed by atoms with Crippen LogP contribution in [0.15, 0.2) is 46.8 Å². The zero-order valence-corrected chi connectivity index (χ0v) is 16.6. The molecule has 1 aromatic carbocycles. The van der Waals surface area contributed by atoms with Gasteiger partial charge in [0, 0.05) is 30.7 Å². The maximum Gasteiger partial charge on any atom is 0.257 e. The second kappa shape index (κ2) is 8.90. The van der Waals surface area contributed by atoms with Crippen LogP contribution < -0.4 is 0 Å². The molecule has 1 aromatic rings. The van der Waals surface area contributed by atoms with Gasteiger partial charge in [-0.25, -0.2) is 12.8 Å². The number of halogens is 2. The fraction of sp³-hybridized carbons (Fsp3) is 0.353. The van der Waals surface area contributed by atoms with Gasteiger partial charge in [-0.2, -0.15) is 4.31 Å². The topological polar surface area (TPSA) is 66.9 Å². The summed E-state index contributed by atoms with van der Waals surface area (Å²) in [5.41, 5.74) is -0.324. The Kier molecular flexibility index (Phi) is 7.10. The molecule has 1 fully saturated rings. The molecule has 6 nitrogen and oxygen atoms in total. The molecule has 0 atom stereocenters. The van der Waals surface area contributed by atoms with Crippen molar-refractivity contribution in [2.24, 2.45) is 0 Å². The molecule has 0 aromatic heterocycles. The van der Waals surface area contributed by atoms with Gasteiger partial charge in [0.05, 0.1) is 18.8 Å². The lowest BCUT2D eigenvalue weighted by molar-refractivity contribution is 0.0728. The Labute approximate surface area is 161 Å². The fourth-order valence-electron chi connectivity index (χ4n) is 2.56. The molecule has 1 aliphatic rings. The summed E-state index contributed by atoms with van der Waals surface area (Å²) in [5, 5.41) is 0. The van der Waals surface area contributed by atoms with Crippen molar-refractivity contribution in [2.45, 2.75) is 4.90 Å². The van der Waals surface area contributed by atoms with E-state index in [-0.39, 0.29) is 45.0 Å². The first-order valence-corrected chi connectivity index (χ1v) is 10.1. The number of nitrogens with zero attached hydrogens (tertiary/aromatic N) is 2. The van der Waals surface area contributed by atoms with Crippen molar-refractivity contribution in [1.82, 2.24) is 9.21 Å². The van der Waals surface area contributed by atoms with Crippen molar-refractivity contribution in [3.05, 3.63) is 53.3 Å². The Bertz CT molecular complexity index is 797. The summed E-state index contributed by atoms with van der Waals surface area (Å²) in [7, 11) is -4.08. The Morgan fingerprint density at radius 3 is 2.38 bits per heavy atom. The summed E-state index contributed by atoms with van der Waals surface area (Å²) in [6.45, 7) is 8.27. The quantitative estimate of drug-likeness (QED) is 0.603. The van der Waals surface area contributed by atoms with Crippen molar-refractivity contribution in [3.8, 4) is 0 Å². The lowest BCUT2D eigenvalue weighted by Gasteiger charge is -2.27. The maximum absolute atomic E-state index is 15.0. The average molecular weight is 447 g/mol. The molecule has 0 radical (unpaired) electrons. The summed E-state index contributed by atoms with van der Waals surface area (Å²) in [5.74, 6) is -1.70. The van der Waals surface area contributed by atoms with Crippen LogP contribution in [0.1, 0.15) is 10.4 Å². The molecule has 0 spiro atoms. The van der Waals surface area contributed by atoms with Crippen molar-refractivity contribution in [2.75, 3.05) is 39.4 Å². The number of hydrogen-bond acceptors (Lipinski definition) is 4. The van der Waals surface area contributed by atoms with Crippen LogP contribution in [0.2, 0.25) is 0 Å². The number of carbonyl (C=O) groups excluding carboxylic acids is 1. The predicted octanol–water partition coefficient (Wildman–Crippen LogP) is 2.42. The molecule has 1 saturated heterocycles. The van der Waals surface area contributed by atoms with E-state index in [4.69, 9.17) is 4.74 Å². The van der Waals surface area contributed by atoms with Crippen molar-refractivity contribution >= 4 is 31.9 Å². The molecule has 26 heavy (non-hydrogen) atoms. The number of morpholine rings is 1. The van der Waals surface area contributed by atoms with Crippen molar-refractivity contribution in [3.63, 3.8) is 0 Å². The minimum absolute atomic E-state index is 0.136. The van der Waals surface area contributed by atoms with E-state index in [2.05, 4.69) is 29.1 Å². The predicted molar refractivity (Wildman–Crippen MR) is 100.0 cm³/mol. The van der Waals surface area contributed by atoms with Gasteiger partial charge in [-0.15, -0.1) is 13.2 Å². The summed E-state index contributed by atoms with van der Waals surface area (Å²) in [4.78, 5) is 13.5. The highest BCUT2D eigenvalue weighted by Crippen LogP contribution is 2.28. The molecule has 0 aliphatic carbocycles. The standard InChI is InChI=1S/C17H20BrFN2O4S/c1-3-5-20(6-4-2)17(22)14-11-13(18)12-15(16(14)19)26(23,24)21-7-9-25-10-8-21/h3-4,11-12H,1-2,5-10H2. The van der Waals surface area contributed by atoms with Crippen LogP contribution in [0.4, 0.5) is 4.39 Å². The highest BCUT2D eigenvalue weighted by molar-refractivity contribution is 9.10. The number of carbonyl (C=O) groups is 1. The first-order valence-electron chi connectivity index (χ1n) is 7.91. The van der Waals surface area contributed by atoms with Crippen LogP contribution in [-0.2, 0) is 14.8 Å². The molecule has 1 heterocycles. The second-order valence-electron chi connectivity index (χ2n) is 5.57. The Morgan fingerprint density at radius 2 is 1.85 bits per heavy atom. The molecule has 142 valence electrons. The van der Waals surface area contributed by atoms with E-state index in [0.717, 1.165) is 4.31 Å². The maximum atomic E-state index is 15.0. The van der Waals surface area contributed by atoms with Gasteiger partial charge in [0.25, 0.3) is 5.91 Å². The smallest absolute Gasteiger partial charge is 0.257 e. The molecule has 0 unspecified atom stereocenters. The van der Waals surface area contributed by atoms with Gasteiger partial charge in [0.15, 0.2) is 5.82 Å². The molecule has 2 rings (SSSR count). The van der Waals surface area contributed by atoms with Crippen LogP contribution in [-0.4, -0.2) is 62.9 Å². The molecule has 1 amide bonds. The fourth-order valence-corrected chi connectivity index (χ4v) is 4.69. The lowest BCUT2D eigenvalue weighted by Crippen LogP contribution is -2.41. The lowest BCUT2D eigenvalue weighted by atomic mass is 10.2.